The predicted molar refractivity (Wildman–Crippen MR) is 117 cm³/mol. The van der Waals surface area contributed by atoms with Gasteiger partial charge in [0.05, 0.1) is 11.8 Å². The molecule has 174 valence electrons. The highest BCUT2D eigenvalue weighted by Crippen LogP contribution is 2.29. The van der Waals surface area contributed by atoms with E-state index in [1.54, 1.807) is 30.7 Å². The van der Waals surface area contributed by atoms with Crippen molar-refractivity contribution >= 4 is 11.8 Å². The topological polar surface area (TPSA) is 75.5 Å². The van der Waals surface area contributed by atoms with Crippen LogP contribution in [0.3, 0.4) is 0 Å². The molecule has 0 aliphatic rings. The third-order valence-electron chi connectivity index (χ3n) is 5.01. The van der Waals surface area contributed by atoms with Crippen molar-refractivity contribution in [1.29, 1.82) is 0 Å². The molecule has 0 amide bonds. The summed E-state index contributed by atoms with van der Waals surface area (Å²) in [5, 5.41) is 9.19. The first-order valence-electron chi connectivity index (χ1n) is 10.2. The van der Waals surface area contributed by atoms with Crippen LogP contribution in [0.5, 0.6) is 5.75 Å². The summed E-state index contributed by atoms with van der Waals surface area (Å²) in [7, 11) is 0. The minimum atomic E-state index is -4.38. The van der Waals surface area contributed by atoms with Crippen LogP contribution in [0.4, 0.5) is 19.0 Å². The minimum Gasteiger partial charge on any atom is -0.478 e. The molecule has 0 saturated heterocycles. The van der Waals surface area contributed by atoms with Gasteiger partial charge in [0.15, 0.2) is 5.60 Å². The van der Waals surface area contributed by atoms with Gasteiger partial charge in [0.25, 0.3) is 0 Å². The van der Waals surface area contributed by atoms with Gasteiger partial charge in [0, 0.05) is 25.5 Å². The quantitative estimate of drug-likeness (QED) is 0.486. The number of nitrogens with zero attached hydrogens (tertiary/aromatic N) is 3. The van der Waals surface area contributed by atoms with E-state index in [0.717, 1.165) is 17.7 Å². The Morgan fingerprint density at radius 2 is 1.64 bits per heavy atom. The molecule has 0 spiro atoms. The number of ether oxygens (including phenoxy) is 1. The molecule has 0 atom stereocenters. The van der Waals surface area contributed by atoms with Gasteiger partial charge in [-0.2, -0.15) is 13.2 Å². The second-order valence-corrected chi connectivity index (χ2v) is 7.99. The van der Waals surface area contributed by atoms with Crippen molar-refractivity contribution in [2.24, 2.45) is 0 Å². The van der Waals surface area contributed by atoms with Crippen LogP contribution < -0.4 is 9.64 Å². The van der Waals surface area contributed by atoms with Crippen molar-refractivity contribution < 1.29 is 27.8 Å². The van der Waals surface area contributed by atoms with Crippen LogP contribution in [0.25, 0.3) is 0 Å². The maximum Gasteiger partial charge on any atom is 0.416 e. The number of anilines is 1. The Hall–Kier alpha value is -3.62. The van der Waals surface area contributed by atoms with Crippen LogP contribution in [0.1, 0.15) is 30.5 Å². The molecule has 9 heteroatoms. The highest BCUT2D eigenvalue weighted by Gasteiger charge is 2.30. The zero-order chi connectivity index (χ0) is 24.1. The summed E-state index contributed by atoms with van der Waals surface area (Å²) < 4.78 is 44.1. The number of benzene rings is 2. The lowest BCUT2D eigenvalue weighted by Gasteiger charge is -2.24. The standard InChI is InChI=1S/C24H24F3N3O3/c1-23(2,22(31)32)33-20-9-5-17(6-10-20)11-14-30(21-15-28-12-13-29-21)16-18-3-7-19(8-4-18)24(25,26)27/h3-10,12-13,15H,11,14,16H2,1-2H3,(H,31,32). The number of alkyl halides is 3. The number of aromatic nitrogens is 2. The van der Waals surface area contributed by atoms with E-state index in [0.29, 0.717) is 36.6 Å². The Bertz CT molecular complexity index is 1050. The molecule has 3 aromatic rings. The lowest BCUT2D eigenvalue weighted by atomic mass is 10.1. The second-order valence-electron chi connectivity index (χ2n) is 7.99. The average molecular weight is 459 g/mol. The maximum absolute atomic E-state index is 12.8. The van der Waals surface area contributed by atoms with Crippen molar-refractivity contribution in [2.75, 3.05) is 11.4 Å². The summed E-state index contributed by atoms with van der Waals surface area (Å²) in [4.78, 5) is 21.6. The number of aliphatic carboxylic acids is 1. The second kappa shape index (κ2) is 9.89. The molecule has 0 fully saturated rings. The molecule has 0 radical (unpaired) electrons. The van der Waals surface area contributed by atoms with Gasteiger partial charge in [0.2, 0.25) is 0 Å². The number of carbonyl (C=O) groups is 1. The van der Waals surface area contributed by atoms with E-state index in [4.69, 9.17) is 4.74 Å². The molecule has 2 aromatic carbocycles. The average Bonchev–Trinajstić information content (AvgIpc) is 2.77. The Kier molecular flexibility index (Phi) is 7.20. The van der Waals surface area contributed by atoms with E-state index in [2.05, 4.69) is 9.97 Å². The lowest BCUT2D eigenvalue weighted by molar-refractivity contribution is -0.152. The third-order valence-corrected chi connectivity index (χ3v) is 5.01. The number of carboxylic acid groups (broad SMARTS) is 1. The van der Waals surface area contributed by atoms with Crippen LogP contribution in [0.2, 0.25) is 0 Å². The predicted octanol–water partition coefficient (Wildman–Crippen LogP) is 4.99. The highest BCUT2D eigenvalue weighted by atomic mass is 19.4. The summed E-state index contributed by atoms with van der Waals surface area (Å²) in [6.45, 7) is 3.86. The largest absolute Gasteiger partial charge is 0.478 e. The number of hydrogen-bond donors (Lipinski definition) is 1. The summed E-state index contributed by atoms with van der Waals surface area (Å²) in [6.07, 6.45) is 0.968. The van der Waals surface area contributed by atoms with Crippen molar-refractivity contribution in [3.05, 3.63) is 83.8 Å². The molecule has 1 aromatic heterocycles. The molecule has 1 N–H and O–H groups in total. The van der Waals surface area contributed by atoms with Crippen molar-refractivity contribution in [3.8, 4) is 5.75 Å². The van der Waals surface area contributed by atoms with E-state index in [1.165, 1.54) is 26.0 Å². The van der Waals surface area contributed by atoms with Crippen LogP contribution in [0.15, 0.2) is 67.1 Å². The lowest BCUT2D eigenvalue weighted by Crippen LogP contribution is -2.37. The fraction of sp³-hybridized carbons (Fsp3) is 0.292. The molecule has 6 nitrogen and oxygen atoms in total. The van der Waals surface area contributed by atoms with Gasteiger partial charge in [-0.1, -0.05) is 24.3 Å². The SMILES string of the molecule is CC(C)(Oc1ccc(CCN(Cc2ccc(C(F)(F)F)cc2)c2cnccn2)cc1)C(=O)O. The molecular weight excluding hydrogens is 435 g/mol. The fourth-order valence-corrected chi connectivity index (χ4v) is 3.08. The number of rotatable bonds is 9. The first-order chi connectivity index (χ1) is 15.5. The van der Waals surface area contributed by atoms with Gasteiger partial charge in [0.1, 0.15) is 11.6 Å². The molecule has 0 unspecified atom stereocenters. The fourth-order valence-electron chi connectivity index (χ4n) is 3.08. The van der Waals surface area contributed by atoms with Gasteiger partial charge in [-0.15, -0.1) is 0 Å². The zero-order valence-corrected chi connectivity index (χ0v) is 18.2. The summed E-state index contributed by atoms with van der Waals surface area (Å²) in [5.74, 6) is -0.00305. The first-order valence-corrected chi connectivity index (χ1v) is 10.2. The molecular formula is C24H24F3N3O3. The van der Waals surface area contributed by atoms with E-state index in [-0.39, 0.29) is 0 Å². The van der Waals surface area contributed by atoms with Gasteiger partial charge in [-0.3, -0.25) is 4.98 Å². The van der Waals surface area contributed by atoms with Crippen LogP contribution >= 0.6 is 0 Å². The van der Waals surface area contributed by atoms with Crippen LogP contribution in [-0.4, -0.2) is 33.2 Å². The van der Waals surface area contributed by atoms with Crippen molar-refractivity contribution in [2.45, 2.75) is 38.6 Å². The minimum absolute atomic E-state index is 0.366. The summed E-state index contributed by atoms with van der Waals surface area (Å²) in [5.41, 5.74) is -0.331. The van der Waals surface area contributed by atoms with Gasteiger partial charge in [-0.25, -0.2) is 9.78 Å². The first kappa shape index (κ1) is 24.0. The van der Waals surface area contributed by atoms with Gasteiger partial charge >= 0.3 is 12.1 Å². The number of halogens is 3. The molecule has 3 rings (SSSR count). The van der Waals surface area contributed by atoms with Crippen LogP contribution in [-0.2, 0) is 23.9 Å². The normalized spacial score (nSPS) is 11.8. The molecule has 0 aliphatic carbocycles. The highest BCUT2D eigenvalue weighted by molar-refractivity contribution is 5.76. The number of carboxylic acids is 1. The van der Waals surface area contributed by atoms with E-state index >= 15 is 0 Å². The molecule has 1 heterocycles. The van der Waals surface area contributed by atoms with E-state index < -0.39 is 23.3 Å². The van der Waals surface area contributed by atoms with Gasteiger partial charge in [-0.05, 0) is 55.7 Å². The Morgan fingerprint density at radius 1 is 1.00 bits per heavy atom. The Balaban J connectivity index is 1.69. The molecule has 0 saturated carbocycles. The smallest absolute Gasteiger partial charge is 0.416 e. The Morgan fingerprint density at radius 3 is 2.18 bits per heavy atom. The van der Waals surface area contributed by atoms with Crippen LogP contribution in [0, 0.1) is 0 Å². The maximum atomic E-state index is 12.8. The zero-order valence-electron chi connectivity index (χ0n) is 18.2. The van der Waals surface area contributed by atoms with Gasteiger partial charge < -0.3 is 14.7 Å². The monoisotopic (exact) mass is 459 g/mol. The molecule has 0 bridgehead atoms. The molecule has 0 aliphatic heterocycles. The van der Waals surface area contributed by atoms with Crippen molar-refractivity contribution in [3.63, 3.8) is 0 Å². The summed E-state index contributed by atoms with van der Waals surface area (Å²) in [6, 6.07) is 12.2. The van der Waals surface area contributed by atoms with Crippen molar-refractivity contribution in [1.82, 2.24) is 9.97 Å². The number of hydrogen-bond acceptors (Lipinski definition) is 5. The van der Waals surface area contributed by atoms with E-state index in [1.807, 2.05) is 17.0 Å². The summed E-state index contributed by atoms with van der Waals surface area (Å²) >= 11 is 0. The van der Waals surface area contributed by atoms with E-state index in [9.17, 15) is 23.1 Å². The third kappa shape index (κ3) is 6.68. The molecule has 33 heavy (non-hydrogen) atoms. The Labute approximate surface area is 189 Å².